The second-order valence-corrected chi connectivity index (χ2v) is 5.04. The van der Waals surface area contributed by atoms with Crippen LogP contribution in [0.3, 0.4) is 0 Å². The maximum Gasteiger partial charge on any atom is 0.132 e. The van der Waals surface area contributed by atoms with Crippen molar-refractivity contribution in [2.45, 2.75) is 33.1 Å². The number of hydrogen-bond acceptors (Lipinski definition) is 3. The maximum absolute atomic E-state index is 5.96. The number of alkyl halides is 1. The van der Waals surface area contributed by atoms with Gasteiger partial charge >= 0.3 is 0 Å². The van der Waals surface area contributed by atoms with Crippen LogP contribution in [0.25, 0.3) is 0 Å². The van der Waals surface area contributed by atoms with E-state index in [1.807, 2.05) is 6.92 Å². The number of aryl methyl sites for hydroxylation is 2. The molecule has 1 saturated heterocycles. The Morgan fingerprint density at radius 2 is 2.29 bits per heavy atom. The Labute approximate surface area is 108 Å². The van der Waals surface area contributed by atoms with Gasteiger partial charge in [0.05, 0.1) is 0 Å². The Morgan fingerprint density at radius 1 is 1.47 bits per heavy atom. The smallest absolute Gasteiger partial charge is 0.132 e. The summed E-state index contributed by atoms with van der Waals surface area (Å²) in [4.78, 5) is 11.3. The first kappa shape index (κ1) is 12.6. The molecule has 0 amide bonds. The van der Waals surface area contributed by atoms with Crippen molar-refractivity contribution in [3.05, 3.63) is 17.6 Å². The average Bonchev–Trinajstić information content (AvgIpc) is 2.38. The number of piperidine rings is 1. The van der Waals surface area contributed by atoms with E-state index in [0.717, 1.165) is 42.7 Å². The minimum atomic E-state index is 0.603. The molecule has 1 aliphatic rings. The highest BCUT2D eigenvalue weighted by atomic mass is 35.5. The van der Waals surface area contributed by atoms with Crippen LogP contribution in [-0.2, 0) is 6.42 Å². The molecule has 1 aromatic rings. The quantitative estimate of drug-likeness (QED) is 0.776. The second-order valence-electron chi connectivity index (χ2n) is 4.73. The van der Waals surface area contributed by atoms with Crippen LogP contribution < -0.4 is 4.90 Å². The molecule has 0 bridgehead atoms. The fourth-order valence-electron chi connectivity index (χ4n) is 2.35. The second kappa shape index (κ2) is 5.67. The third kappa shape index (κ3) is 3.09. The molecule has 0 radical (unpaired) electrons. The van der Waals surface area contributed by atoms with Crippen molar-refractivity contribution in [1.29, 1.82) is 0 Å². The molecule has 3 nitrogen and oxygen atoms in total. The highest BCUT2D eigenvalue weighted by Gasteiger charge is 2.20. The van der Waals surface area contributed by atoms with Crippen molar-refractivity contribution in [3.63, 3.8) is 0 Å². The van der Waals surface area contributed by atoms with Crippen molar-refractivity contribution in [1.82, 2.24) is 9.97 Å². The largest absolute Gasteiger partial charge is 0.356 e. The molecule has 2 heterocycles. The predicted octanol–water partition coefficient (Wildman–Crippen LogP) is 2.80. The summed E-state index contributed by atoms with van der Waals surface area (Å²) < 4.78 is 0. The van der Waals surface area contributed by atoms with Gasteiger partial charge in [0.1, 0.15) is 11.6 Å². The maximum atomic E-state index is 5.96. The zero-order valence-electron chi connectivity index (χ0n) is 10.6. The van der Waals surface area contributed by atoms with Gasteiger partial charge in [-0.15, -0.1) is 11.6 Å². The number of halogens is 1. The molecule has 0 saturated carbocycles. The number of hydrogen-bond donors (Lipinski definition) is 0. The molecule has 1 atom stereocenters. The van der Waals surface area contributed by atoms with Gasteiger partial charge in [0.2, 0.25) is 0 Å². The number of anilines is 1. The third-order valence-electron chi connectivity index (χ3n) is 3.30. The minimum Gasteiger partial charge on any atom is -0.356 e. The molecule has 1 aromatic heterocycles. The van der Waals surface area contributed by atoms with Gasteiger partial charge in [-0.1, -0.05) is 6.92 Å². The molecular weight excluding hydrogens is 234 g/mol. The third-order valence-corrected chi connectivity index (χ3v) is 3.74. The van der Waals surface area contributed by atoms with Crippen molar-refractivity contribution in [2.24, 2.45) is 5.92 Å². The lowest BCUT2D eigenvalue weighted by molar-refractivity contribution is 0.448. The van der Waals surface area contributed by atoms with E-state index in [4.69, 9.17) is 11.6 Å². The summed E-state index contributed by atoms with van der Waals surface area (Å²) in [6, 6.07) is 2.11. The van der Waals surface area contributed by atoms with E-state index in [1.165, 1.54) is 12.8 Å². The molecule has 94 valence electrons. The molecule has 2 rings (SSSR count). The van der Waals surface area contributed by atoms with Gasteiger partial charge in [-0.05, 0) is 32.1 Å². The lowest BCUT2D eigenvalue weighted by Crippen LogP contribution is -2.36. The van der Waals surface area contributed by atoms with Crippen LogP contribution in [0, 0.1) is 12.8 Å². The van der Waals surface area contributed by atoms with Crippen molar-refractivity contribution in [3.8, 4) is 0 Å². The molecule has 0 spiro atoms. The first-order valence-corrected chi connectivity index (χ1v) is 6.92. The van der Waals surface area contributed by atoms with Crippen LogP contribution in [0.4, 0.5) is 5.82 Å². The molecule has 0 N–H and O–H groups in total. The van der Waals surface area contributed by atoms with Crippen LogP contribution in [0.1, 0.15) is 31.3 Å². The molecule has 17 heavy (non-hydrogen) atoms. The van der Waals surface area contributed by atoms with Gasteiger partial charge < -0.3 is 4.90 Å². The van der Waals surface area contributed by atoms with Gasteiger partial charge in [0.25, 0.3) is 0 Å². The van der Waals surface area contributed by atoms with E-state index in [2.05, 4.69) is 27.9 Å². The first-order chi connectivity index (χ1) is 8.22. The Bertz CT molecular complexity index is 381. The van der Waals surface area contributed by atoms with Crippen molar-refractivity contribution in [2.75, 3.05) is 23.9 Å². The summed E-state index contributed by atoms with van der Waals surface area (Å²) in [6.07, 6.45) is 3.41. The zero-order chi connectivity index (χ0) is 12.3. The van der Waals surface area contributed by atoms with Crippen molar-refractivity contribution < 1.29 is 0 Å². The van der Waals surface area contributed by atoms with Crippen LogP contribution in [-0.4, -0.2) is 28.9 Å². The SMILES string of the molecule is CCc1cc(N2CCCC(CCl)C2)nc(C)n1. The van der Waals surface area contributed by atoms with Gasteiger partial charge in [0.15, 0.2) is 0 Å². The summed E-state index contributed by atoms with van der Waals surface area (Å²) in [5.74, 6) is 3.29. The molecule has 4 heteroatoms. The summed E-state index contributed by atoms with van der Waals surface area (Å²) >= 11 is 5.96. The first-order valence-electron chi connectivity index (χ1n) is 6.38. The number of nitrogens with zero attached hydrogens (tertiary/aromatic N) is 3. The lowest BCUT2D eigenvalue weighted by atomic mass is 10.00. The molecule has 0 aliphatic carbocycles. The van der Waals surface area contributed by atoms with E-state index in [1.54, 1.807) is 0 Å². The highest BCUT2D eigenvalue weighted by molar-refractivity contribution is 6.18. The molecule has 1 unspecified atom stereocenters. The fraction of sp³-hybridized carbons (Fsp3) is 0.692. The van der Waals surface area contributed by atoms with E-state index in [9.17, 15) is 0 Å². The Morgan fingerprint density at radius 3 is 3.00 bits per heavy atom. The van der Waals surface area contributed by atoms with E-state index in [0.29, 0.717) is 5.92 Å². The van der Waals surface area contributed by atoms with Crippen molar-refractivity contribution >= 4 is 17.4 Å². The molecular formula is C13H20ClN3. The van der Waals surface area contributed by atoms with Crippen LogP contribution in [0.2, 0.25) is 0 Å². The van der Waals surface area contributed by atoms with E-state index >= 15 is 0 Å². The summed E-state index contributed by atoms with van der Waals surface area (Å²) in [7, 11) is 0. The number of aromatic nitrogens is 2. The van der Waals surface area contributed by atoms with Gasteiger partial charge in [-0.25, -0.2) is 9.97 Å². The number of rotatable bonds is 3. The van der Waals surface area contributed by atoms with E-state index < -0.39 is 0 Å². The Kier molecular flexibility index (Phi) is 4.21. The molecule has 1 fully saturated rings. The van der Waals surface area contributed by atoms with Gasteiger partial charge in [-0.3, -0.25) is 0 Å². The summed E-state index contributed by atoms with van der Waals surface area (Å²) in [5.41, 5.74) is 1.13. The standard InChI is InChI=1S/C13H20ClN3/c1-3-12-7-13(16-10(2)15-12)17-6-4-5-11(8-14)9-17/h7,11H,3-6,8-9H2,1-2H3. The van der Waals surface area contributed by atoms with Gasteiger partial charge in [0, 0.05) is 30.7 Å². The van der Waals surface area contributed by atoms with E-state index in [-0.39, 0.29) is 0 Å². The van der Waals surface area contributed by atoms with Crippen LogP contribution >= 0.6 is 11.6 Å². The lowest BCUT2D eigenvalue weighted by Gasteiger charge is -2.32. The topological polar surface area (TPSA) is 29.0 Å². The molecule has 0 aromatic carbocycles. The normalized spacial score (nSPS) is 20.6. The van der Waals surface area contributed by atoms with Gasteiger partial charge in [-0.2, -0.15) is 0 Å². The highest BCUT2D eigenvalue weighted by Crippen LogP contribution is 2.23. The fourth-order valence-corrected chi connectivity index (χ4v) is 2.61. The zero-order valence-corrected chi connectivity index (χ0v) is 11.4. The van der Waals surface area contributed by atoms with Crippen LogP contribution in [0.15, 0.2) is 6.07 Å². The average molecular weight is 254 g/mol. The molecule has 1 aliphatic heterocycles. The Balaban J connectivity index is 2.18. The summed E-state index contributed by atoms with van der Waals surface area (Å²) in [5, 5.41) is 0. The Hall–Kier alpha value is -0.830. The predicted molar refractivity (Wildman–Crippen MR) is 71.8 cm³/mol. The van der Waals surface area contributed by atoms with Crippen LogP contribution in [0.5, 0.6) is 0 Å². The summed E-state index contributed by atoms with van der Waals surface area (Å²) in [6.45, 7) is 6.21. The monoisotopic (exact) mass is 253 g/mol. The minimum absolute atomic E-state index is 0.603.